The van der Waals surface area contributed by atoms with Crippen LogP contribution in [0, 0.1) is 0 Å². The highest BCUT2D eigenvalue weighted by atomic mass is 16.3. The fourth-order valence-corrected chi connectivity index (χ4v) is 1.46. The molecule has 1 heterocycles. The average molecular weight is 214 g/mol. The number of nitrogens with zero attached hydrogens (tertiary/aromatic N) is 1. The summed E-state index contributed by atoms with van der Waals surface area (Å²) in [5.41, 5.74) is 1.83. The van der Waals surface area contributed by atoms with Crippen molar-refractivity contribution in [3.05, 3.63) is 60.4 Å². The van der Waals surface area contributed by atoms with E-state index < -0.39 is 6.10 Å². The molecular formula is C13H14N2O. The van der Waals surface area contributed by atoms with Gasteiger partial charge in [0.2, 0.25) is 0 Å². The summed E-state index contributed by atoms with van der Waals surface area (Å²) >= 11 is 0. The first-order valence-corrected chi connectivity index (χ1v) is 5.23. The molecule has 0 amide bonds. The number of benzene rings is 1. The van der Waals surface area contributed by atoms with Gasteiger partial charge in [-0.3, -0.25) is 4.98 Å². The second kappa shape index (κ2) is 5.28. The van der Waals surface area contributed by atoms with Gasteiger partial charge in [-0.15, -0.1) is 0 Å². The van der Waals surface area contributed by atoms with Crippen LogP contribution in [0.25, 0.3) is 0 Å². The highest BCUT2D eigenvalue weighted by Crippen LogP contribution is 2.12. The summed E-state index contributed by atoms with van der Waals surface area (Å²) in [7, 11) is 0. The maximum Gasteiger partial charge on any atom is 0.0977 e. The molecule has 82 valence electrons. The Hall–Kier alpha value is -1.87. The summed E-state index contributed by atoms with van der Waals surface area (Å²) in [6, 6.07) is 13.5. The molecular weight excluding hydrogens is 200 g/mol. The molecule has 2 N–H and O–H groups in total. The number of aliphatic hydroxyl groups excluding tert-OH is 1. The quantitative estimate of drug-likeness (QED) is 0.820. The van der Waals surface area contributed by atoms with Crippen molar-refractivity contribution >= 4 is 5.69 Å². The molecule has 0 aliphatic heterocycles. The summed E-state index contributed by atoms with van der Waals surface area (Å²) in [4.78, 5) is 3.97. The molecule has 16 heavy (non-hydrogen) atoms. The normalized spacial score (nSPS) is 12.1. The number of aliphatic hydroxyl groups is 1. The molecule has 2 aromatic rings. The Morgan fingerprint density at radius 3 is 2.62 bits per heavy atom. The molecule has 0 fully saturated rings. The number of rotatable bonds is 4. The largest absolute Gasteiger partial charge is 0.387 e. The van der Waals surface area contributed by atoms with Gasteiger partial charge in [0.1, 0.15) is 0 Å². The molecule has 3 heteroatoms. The summed E-state index contributed by atoms with van der Waals surface area (Å²) in [6.07, 6.45) is 2.84. The molecule has 0 aliphatic carbocycles. The lowest BCUT2D eigenvalue weighted by atomic mass is 10.1. The number of nitrogens with one attached hydrogen (secondary N) is 1. The maximum atomic E-state index is 9.88. The predicted molar refractivity (Wildman–Crippen MR) is 64.1 cm³/mol. The van der Waals surface area contributed by atoms with E-state index in [1.807, 2.05) is 42.5 Å². The number of hydrogen-bond acceptors (Lipinski definition) is 3. The van der Waals surface area contributed by atoms with Gasteiger partial charge >= 0.3 is 0 Å². The second-order valence-corrected chi connectivity index (χ2v) is 3.55. The third-order valence-electron chi connectivity index (χ3n) is 2.34. The Kier molecular flexibility index (Phi) is 3.51. The summed E-state index contributed by atoms with van der Waals surface area (Å²) < 4.78 is 0. The zero-order valence-corrected chi connectivity index (χ0v) is 8.88. The van der Waals surface area contributed by atoms with Crippen LogP contribution in [0.3, 0.4) is 0 Å². The topological polar surface area (TPSA) is 45.1 Å². The first kappa shape index (κ1) is 10.6. The van der Waals surface area contributed by atoms with Gasteiger partial charge in [-0.05, 0) is 18.2 Å². The van der Waals surface area contributed by atoms with E-state index in [-0.39, 0.29) is 0 Å². The van der Waals surface area contributed by atoms with Gasteiger partial charge in [0.15, 0.2) is 0 Å². The molecule has 3 nitrogen and oxygen atoms in total. The SMILES string of the molecule is OC(CNc1ccccc1)c1cccnc1. The monoisotopic (exact) mass is 214 g/mol. The summed E-state index contributed by atoms with van der Waals surface area (Å²) in [5.74, 6) is 0. The lowest BCUT2D eigenvalue weighted by molar-refractivity contribution is 0.191. The zero-order chi connectivity index (χ0) is 11.2. The van der Waals surface area contributed by atoms with Crippen LogP contribution in [0.1, 0.15) is 11.7 Å². The third kappa shape index (κ3) is 2.81. The van der Waals surface area contributed by atoms with Crippen LogP contribution < -0.4 is 5.32 Å². The molecule has 1 aromatic carbocycles. The molecule has 0 bridgehead atoms. The fourth-order valence-electron chi connectivity index (χ4n) is 1.46. The van der Waals surface area contributed by atoms with Crippen molar-refractivity contribution in [2.45, 2.75) is 6.10 Å². The van der Waals surface area contributed by atoms with Crippen LogP contribution in [0.5, 0.6) is 0 Å². The first-order chi connectivity index (χ1) is 7.86. The number of anilines is 1. The van der Waals surface area contributed by atoms with E-state index in [0.29, 0.717) is 6.54 Å². The molecule has 1 aromatic heterocycles. The minimum absolute atomic E-state index is 0.482. The second-order valence-electron chi connectivity index (χ2n) is 3.55. The van der Waals surface area contributed by atoms with Gasteiger partial charge < -0.3 is 10.4 Å². The fraction of sp³-hybridized carbons (Fsp3) is 0.154. The van der Waals surface area contributed by atoms with Crippen molar-refractivity contribution < 1.29 is 5.11 Å². The van der Waals surface area contributed by atoms with Gasteiger partial charge in [-0.1, -0.05) is 24.3 Å². The van der Waals surface area contributed by atoms with Crippen molar-refractivity contribution in [3.63, 3.8) is 0 Å². The standard InChI is InChI=1S/C13H14N2O/c16-13(11-5-4-8-14-9-11)10-15-12-6-2-1-3-7-12/h1-9,13,15-16H,10H2. The predicted octanol–water partition coefficient (Wildman–Crippen LogP) is 2.23. The molecule has 0 saturated carbocycles. The number of hydrogen-bond donors (Lipinski definition) is 2. The van der Waals surface area contributed by atoms with E-state index in [1.165, 1.54) is 0 Å². The molecule has 0 aliphatic rings. The summed E-state index contributed by atoms with van der Waals surface area (Å²) in [6.45, 7) is 0.482. The van der Waals surface area contributed by atoms with E-state index in [2.05, 4.69) is 10.3 Å². The van der Waals surface area contributed by atoms with Crippen LogP contribution in [0.15, 0.2) is 54.9 Å². The smallest absolute Gasteiger partial charge is 0.0977 e. The number of pyridine rings is 1. The Morgan fingerprint density at radius 2 is 1.94 bits per heavy atom. The number of aromatic nitrogens is 1. The van der Waals surface area contributed by atoms with Crippen LogP contribution in [-0.2, 0) is 0 Å². The van der Waals surface area contributed by atoms with E-state index in [4.69, 9.17) is 0 Å². The average Bonchev–Trinajstić information content (AvgIpc) is 2.38. The van der Waals surface area contributed by atoms with Crippen molar-refractivity contribution in [1.82, 2.24) is 4.98 Å². The highest BCUT2D eigenvalue weighted by molar-refractivity contribution is 5.42. The molecule has 1 unspecified atom stereocenters. The van der Waals surface area contributed by atoms with Crippen LogP contribution in [-0.4, -0.2) is 16.6 Å². The Morgan fingerprint density at radius 1 is 1.12 bits per heavy atom. The van der Waals surface area contributed by atoms with E-state index in [0.717, 1.165) is 11.3 Å². The van der Waals surface area contributed by atoms with E-state index >= 15 is 0 Å². The van der Waals surface area contributed by atoms with Crippen LogP contribution in [0.4, 0.5) is 5.69 Å². The van der Waals surface area contributed by atoms with Gasteiger partial charge in [0.05, 0.1) is 6.10 Å². The maximum absolute atomic E-state index is 9.88. The Balaban J connectivity index is 1.92. The van der Waals surface area contributed by atoms with Crippen molar-refractivity contribution in [2.75, 3.05) is 11.9 Å². The molecule has 2 rings (SSSR count). The molecule has 0 saturated heterocycles. The van der Waals surface area contributed by atoms with Crippen LogP contribution >= 0.6 is 0 Å². The van der Waals surface area contributed by atoms with Gasteiger partial charge in [-0.25, -0.2) is 0 Å². The van der Waals surface area contributed by atoms with E-state index in [9.17, 15) is 5.11 Å². The van der Waals surface area contributed by atoms with Gasteiger partial charge in [0.25, 0.3) is 0 Å². The lowest BCUT2D eigenvalue weighted by Crippen LogP contribution is -2.12. The van der Waals surface area contributed by atoms with Crippen LogP contribution in [0.2, 0.25) is 0 Å². The molecule has 0 spiro atoms. The van der Waals surface area contributed by atoms with Crippen molar-refractivity contribution in [3.8, 4) is 0 Å². The molecule has 0 radical (unpaired) electrons. The van der Waals surface area contributed by atoms with Gasteiger partial charge in [0, 0.05) is 30.2 Å². The highest BCUT2D eigenvalue weighted by Gasteiger charge is 2.06. The minimum Gasteiger partial charge on any atom is -0.387 e. The minimum atomic E-state index is -0.533. The van der Waals surface area contributed by atoms with E-state index in [1.54, 1.807) is 12.4 Å². The zero-order valence-electron chi connectivity index (χ0n) is 8.88. The Bertz CT molecular complexity index is 416. The third-order valence-corrected chi connectivity index (χ3v) is 2.34. The van der Waals surface area contributed by atoms with Crippen molar-refractivity contribution in [1.29, 1.82) is 0 Å². The lowest BCUT2D eigenvalue weighted by Gasteiger charge is -2.12. The summed E-state index contributed by atoms with van der Waals surface area (Å²) in [5, 5.41) is 13.0. The van der Waals surface area contributed by atoms with Gasteiger partial charge in [-0.2, -0.15) is 0 Å². The molecule has 1 atom stereocenters. The first-order valence-electron chi connectivity index (χ1n) is 5.23. The van der Waals surface area contributed by atoms with Crippen molar-refractivity contribution in [2.24, 2.45) is 0 Å². The Labute approximate surface area is 94.8 Å². The number of para-hydroxylation sites is 1.